The van der Waals surface area contributed by atoms with Gasteiger partial charge in [0.2, 0.25) is 0 Å². The SMILES string of the molecule is CC1(C)CS(=O)C2CCCCCC2N1. The average molecular weight is 215 g/mol. The van der Waals surface area contributed by atoms with Gasteiger partial charge in [-0.25, -0.2) is 0 Å². The van der Waals surface area contributed by atoms with Crippen molar-refractivity contribution in [3.8, 4) is 0 Å². The topological polar surface area (TPSA) is 29.1 Å². The molecule has 0 aromatic carbocycles. The number of hydrogen-bond acceptors (Lipinski definition) is 2. The lowest BCUT2D eigenvalue weighted by Gasteiger charge is -2.41. The van der Waals surface area contributed by atoms with Crippen molar-refractivity contribution in [3.05, 3.63) is 0 Å². The smallest absolute Gasteiger partial charge is 0.0502 e. The van der Waals surface area contributed by atoms with Gasteiger partial charge in [-0.05, 0) is 26.7 Å². The minimum atomic E-state index is -0.600. The average Bonchev–Trinajstić information content (AvgIpc) is 2.27. The Morgan fingerprint density at radius 3 is 2.71 bits per heavy atom. The second-order valence-corrected chi connectivity index (χ2v) is 6.99. The highest BCUT2D eigenvalue weighted by Gasteiger charge is 2.39. The van der Waals surface area contributed by atoms with Crippen LogP contribution in [0.25, 0.3) is 0 Å². The molecule has 0 amide bonds. The summed E-state index contributed by atoms with van der Waals surface area (Å²) in [5, 5.41) is 4.11. The van der Waals surface area contributed by atoms with Gasteiger partial charge >= 0.3 is 0 Å². The summed E-state index contributed by atoms with van der Waals surface area (Å²) in [6, 6.07) is 0.516. The lowest BCUT2D eigenvalue weighted by molar-refractivity contribution is 0.323. The molecule has 1 N–H and O–H groups in total. The standard InChI is InChI=1S/C11H21NOS/c1-11(2)8-14(13)10-7-5-3-4-6-9(10)12-11/h9-10,12H,3-8H2,1-2H3. The molecule has 3 unspecified atom stereocenters. The van der Waals surface area contributed by atoms with Gasteiger partial charge in [-0.1, -0.05) is 19.3 Å². The lowest BCUT2D eigenvalue weighted by Crippen LogP contribution is -2.60. The first-order chi connectivity index (χ1) is 6.58. The van der Waals surface area contributed by atoms with Crippen molar-refractivity contribution in [2.45, 2.75) is 62.8 Å². The maximum absolute atomic E-state index is 12.1. The second-order valence-electron chi connectivity index (χ2n) is 5.34. The van der Waals surface area contributed by atoms with Crippen LogP contribution < -0.4 is 5.32 Å². The molecular weight excluding hydrogens is 194 g/mol. The van der Waals surface area contributed by atoms with Crippen LogP contribution in [0.5, 0.6) is 0 Å². The Morgan fingerprint density at radius 1 is 1.21 bits per heavy atom. The van der Waals surface area contributed by atoms with E-state index in [1.807, 2.05) is 0 Å². The highest BCUT2D eigenvalue weighted by atomic mass is 32.2. The lowest BCUT2D eigenvalue weighted by atomic mass is 10.0. The molecule has 0 spiro atoms. The van der Waals surface area contributed by atoms with Crippen molar-refractivity contribution >= 4 is 10.8 Å². The third-order valence-electron chi connectivity index (χ3n) is 3.37. The molecule has 1 saturated carbocycles. The Morgan fingerprint density at radius 2 is 1.93 bits per heavy atom. The number of hydrogen-bond donors (Lipinski definition) is 1. The Kier molecular flexibility index (Phi) is 2.98. The maximum Gasteiger partial charge on any atom is 0.0502 e. The van der Waals surface area contributed by atoms with Gasteiger partial charge in [-0.15, -0.1) is 0 Å². The molecule has 1 aliphatic heterocycles. The van der Waals surface area contributed by atoms with Gasteiger partial charge in [0.25, 0.3) is 0 Å². The van der Waals surface area contributed by atoms with Crippen molar-refractivity contribution in [2.24, 2.45) is 0 Å². The van der Waals surface area contributed by atoms with Crippen molar-refractivity contribution in [1.29, 1.82) is 0 Å². The summed E-state index contributed by atoms with van der Waals surface area (Å²) in [6.45, 7) is 4.35. The molecule has 0 radical (unpaired) electrons. The highest BCUT2D eigenvalue weighted by molar-refractivity contribution is 7.85. The molecule has 3 heteroatoms. The zero-order valence-corrected chi connectivity index (χ0v) is 10.0. The van der Waals surface area contributed by atoms with E-state index in [4.69, 9.17) is 0 Å². The summed E-state index contributed by atoms with van der Waals surface area (Å²) in [5.41, 5.74) is 0.0797. The molecule has 0 aromatic heterocycles. The van der Waals surface area contributed by atoms with E-state index in [0.717, 1.165) is 5.75 Å². The van der Waals surface area contributed by atoms with Crippen molar-refractivity contribution < 1.29 is 4.21 Å². The van der Waals surface area contributed by atoms with Crippen LogP contribution in [0.3, 0.4) is 0 Å². The van der Waals surface area contributed by atoms with E-state index < -0.39 is 10.8 Å². The van der Waals surface area contributed by atoms with Crippen LogP contribution in [0.4, 0.5) is 0 Å². The molecule has 3 atom stereocenters. The van der Waals surface area contributed by atoms with E-state index >= 15 is 0 Å². The normalized spacial score (nSPS) is 42.6. The van der Waals surface area contributed by atoms with E-state index in [-0.39, 0.29) is 5.54 Å². The number of fused-ring (bicyclic) bond motifs is 1. The summed E-state index contributed by atoms with van der Waals surface area (Å²) in [5.74, 6) is 0.828. The molecular formula is C11H21NOS. The van der Waals surface area contributed by atoms with E-state index in [1.54, 1.807) is 0 Å². The van der Waals surface area contributed by atoms with Crippen LogP contribution in [-0.4, -0.2) is 26.8 Å². The highest BCUT2D eigenvalue weighted by Crippen LogP contribution is 2.28. The van der Waals surface area contributed by atoms with Crippen molar-refractivity contribution in [1.82, 2.24) is 5.32 Å². The maximum atomic E-state index is 12.1. The first-order valence-corrected chi connectivity index (χ1v) is 7.12. The third kappa shape index (κ3) is 2.19. The molecule has 82 valence electrons. The summed E-state index contributed by atoms with van der Waals surface area (Å²) in [4.78, 5) is 0. The van der Waals surface area contributed by atoms with Crippen molar-refractivity contribution in [3.63, 3.8) is 0 Å². The van der Waals surface area contributed by atoms with Crippen molar-refractivity contribution in [2.75, 3.05) is 5.75 Å². The van der Waals surface area contributed by atoms with Crippen LogP contribution >= 0.6 is 0 Å². The molecule has 14 heavy (non-hydrogen) atoms. The van der Waals surface area contributed by atoms with Gasteiger partial charge in [0.1, 0.15) is 0 Å². The van der Waals surface area contributed by atoms with Gasteiger partial charge in [-0.3, -0.25) is 4.21 Å². The van der Waals surface area contributed by atoms with Gasteiger partial charge < -0.3 is 5.32 Å². The van der Waals surface area contributed by atoms with Gasteiger partial charge in [0.05, 0.1) is 5.25 Å². The molecule has 2 fully saturated rings. The number of nitrogens with one attached hydrogen (secondary N) is 1. The minimum absolute atomic E-state index is 0.0797. The Hall–Kier alpha value is 0.110. The van der Waals surface area contributed by atoms with Crippen LogP contribution in [0, 0.1) is 0 Å². The summed E-state index contributed by atoms with van der Waals surface area (Å²) < 4.78 is 12.1. The monoisotopic (exact) mass is 215 g/mol. The molecule has 0 aromatic rings. The zero-order chi connectivity index (χ0) is 10.2. The molecule has 1 aliphatic carbocycles. The van der Waals surface area contributed by atoms with E-state index in [2.05, 4.69) is 19.2 Å². The fourth-order valence-electron chi connectivity index (χ4n) is 2.76. The van der Waals surface area contributed by atoms with Gasteiger partial charge in [0.15, 0.2) is 0 Å². The van der Waals surface area contributed by atoms with Gasteiger partial charge in [0, 0.05) is 28.1 Å². The van der Waals surface area contributed by atoms with Gasteiger partial charge in [-0.2, -0.15) is 0 Å². The first-order valence-electron chi connectivity index (χ1n) is 5.73. The van der Waals surface area contributed by atoms with E-state index in [1.165, 1.54) is 32.1 Å². The molecule has 1 saturated heterocycles. The number of rotatable bonds is 0. The predicted molar refractivity (Wildman–Crippen MR) is 60.9 cm³/mol. The zero-order valence-electron chi connectivity index (χ0n) is 9.21. The Balaban J connectivity index is 2.13. The van der Waals surface area contributed by atoms with Crippen LogP contribution in [0.1, 0.15) is 46.0 Å². The first kappa shape index (κ1) is 10.6. The third-order valence-corrected chi connectivity index (χ3v) is 5.62. The fraction of sp³-hybridized carbons (Fsp3) is 1.00. The quantitative estimate of drug-likeness (QED) is 0.668. The summed E-state index contributed by atoms with van der Waals surface area (Å²) in [6.07, 6.45) is 6.29. The van der Waals surface area contributed by atoms with Crippen LogP contribution in [0.2, 0.25) is 0 Å². The Bertz CT molecular complexity index is 239. The largest absolute Gasteiger partial charge is 0.307 e. The Labute approximate surface area is 89.3 Å². The molecule has 2 nitrogen and oxygen atoms in total. The van der Waals surface area contributed by atoms with Crippen LogP contribution in [-0.2, 0) is 10.8 Å². The molecule has 2 aliphatic rings. The summed E-state index contributed by atoms with van der Waals surface area (Å²) >= 11 is 0. The fourth-order valence-corrected chi connectivity index (χ4v) is 4.77. The minimum Gasteiger partial charge on any atom is -0.307 e. The van der Waals surface area contributed by atoms with E-state index in [9.17, 15) is 4.21 Å². The second kappa shape index (κ2) is 3.93. The van der Waals surface area contributed by atoms with Crippen LogP contribution in [0.15, 0.2) is 0 Å². The summed E-state index contributed by atoms with van der Waals surface area (Å²) in [7, 11) is -0.600. The van der Waals surface area contributed by atoms with E-state index in [0.29, 0.717) is 11.3 Å². The predicted octanol–water partition coefficient (Wildman–Crippen LogP) is 1.82. The molecule has 1 heterocycles. The molecule has 2 rings (SSSR count). The molecule has 0 bridgehead atoms.